The standard InChI is InChI=1S/C14H11N3O4S/c1-9-2-4-10(5-3-9)22(20,21)17-7-6-11-13(17)15-8-12(16-11)14(18)19/h2-8H,1H3,(H,18,19). The highest BCUT2D eigenvalue weighted by molar-refractivity contribution is 7.90. The summed E-state index contributed by atoms with van der Waals surface area (Å²) in [6.45, 7) is 1.86. The lowest BCUT2D eigenvalue weighted by atomic mass is 10.2. The highest BCUT2D eigenvalue weighted by Crippen LogP contribution is 2.20. The van der Waals surface area contributed by atoms with Gasteiger partial charge < -0.3 is 5.11 Å². The summed E-state index contributed by atoms with van der Waals surface area (Å²) in [5.74, 6) is -1.22. The Morgan fingerprint density at radius 1 is 1.18 bits per heavy atom. The summed E-state index contributed by atoms with van der Waals surface area (Å²) in [4.78, 5) is 18.8. The number of hydrogen-bond donors (Lipinski definition) is 1. The van der Waals surface area contributed by atoms with Gasteiger partial charge in [-0.05, 0) is 25.1 Å². The molecule has 1 aromatic carbocycles. The summed E-state index contributed by atoms with van der Waals surface area (Å²) in [6.07, 6.45) is 2.34. The van der Waals surface area contributed by atoms with E-state index in [2.05, 4.69) is 9.97 Å². The van der Waals surface area contributed by atoms with Crippen molar-refractivity contribution in [3.05, 3.63) is 54.0 Å². The van der Waals surface area contributed by atoms with Crippen LogP contribution in [0.5, 0.6) is 0 Å². The fraction of sp³-hybridized carbons (Fsp3) is 0.0714. The molecule has 0 radical (unpaired) electrons. The SMILES string of the molecule is Cc1ccc(S(=O)(=O)n2ccc3nc(C(=O)O)cnc32)cc1. The maximum Gasteiger partial charge on any atom is 0.356 e. The summed E-state index contributed by atoms with van der Waals surface area (Å²) in [7, 11) is -3.81. The minimum Gasteiger partial charge on any atom is -0.476 e. The number of fused-ring (bicyclic) bond motifs is 1. The lowest BCUT2D eigenvalue weighted by Crippen LogP contribution is -2.13. The van der Waals surface area contributed by atoms with Crippen molar-refractivity contribution in [2.45, 2.75) is 11.8 Å². The van der Waals surface area contributed by atoms with Crippen LogP contribution in [0.4, 0.5) is 0 Å². The molecule has 7 nitrogen and oxygen atoms in total. The van der Waals surface area contributed by atoms with Crippen LogP contribution in [0.15, 0.2) is 47.6 Å². The third-order valence-electron chi connectivity index (χ3n) is 3.15. The van der Waals surface area contributed by atoms with Gasteiger partial charge in [-0.15, -0.1) is 0 Å². The Morgan fingerprint density at radius 3 is 2.50 bits per heavy atom. The van der Waals surface area contributed by atoms with E-state index in [4.69, 9.17) is 5.11 Å². The van der Waals surface area contributed by atoms with Crippen molar-refractivity contribution < 1.29 is 18.3 Å². The van der Waals surface area contributed by atoms with Gasteiger partial charge in [0.2, 0.25) is 0 Å². The molecule has 3 rings (SSSR count). The molecule has 0 saturated heterocycles. The second-order valence-corrected chi connectivity index (χ2v) is 6.51. The Kier molecular flexibility index (Phi) is 3.18. The smallest absolute Gasteiger partial charge is 0.356 e. The molecule has 2 heterocycles. The molecule has 0 amide bonds. The Labute approximate surface area is 125 Å². The number of rotatable bonds is 3. The lowest BCUT2D eigenvalue weighted by Gasteiger charge is -2.07. The number of carboxylic acid groups (broad SMARTS) is 1. The van der Waals surface area contributed by atoms with E-state index in [0.29, 0.717) is 0 Å². The van der Waals surface area contributed by atoms with Gasteiger partial charge in [0.25, 0.3) is 10.0 Å². The van der Waals surface area contributed by atoms with Crippen molar-refractivity contribution in [1.82, 2.24) is 13.9 Å². The van der Waals surface area contributed by atoms with Gasteiger partial charge in [0, 0.05) is 6.20 Å². The molecular weight excluding hydrogens is 306 g/mol. The van der Waals surface area contributed by atoms with Crippen LogP contribution >= 0.6 is 0 Å². The first-order valence-corrected chi connectivity index (χ1v) is 7.73. The minimum atomic E-state index is -3.81. The molecular formula is C14H11N3O4S. The van der Waals surface area contributed by atoms with Gasteiger partial charge in [-0.3, -0.25) is 0 Å². The van der Waals surface area contributed by atoms with Crippen LogP contribution in [0.3, 0.4) is 0 Å². The van der Waals surface area contributed by atoms with E-state index in [1.54, 1.807) is 12.1 Å². The number of aryl methyl sites for hydroxylation is 1. The molecule has 0 saturated carbocycles. The van der Waals surface area contributed by atoms with E-state index < -0.39 is 16.0 Å². The molecule has 22 heavy (non-hydrogen) atoms. The first kappa shape index (κ1) is 14.2. The minimum absolute atomic E-state index is 0.0885. The van der Waals surface area contributed by atoms with Crippen molar-refractivity contribution in [3.8, 4) is 0 Å². The molecule has 2 aromatic heterocycles. The van der Waals surface area contributed by atoms with Crippen LogP contribution in [-0.4, -0.2) is 33.4 Å². The number of hydrogen-bond acceptors (Lipinski definition) is 5. The van der Waals surface area contributed by atoms with Gasteiger partial charge >= 0.3 is 5.97 Å². The van der Waals surface area contributed by atoms with E-state index >= 15 is 0 Å². The van der Waals surface area contributed by atoms with Gasteiger partial charge in [0.1, 0.15) is 5.52 Å². The summed E-state index contributed by atoms with van der Waals surface area (Å²) in [5, 5.41) is 8.89. The molecule has 0 atom stereocenters. The predicted molar refractivity (Wildman–Crippen MR) is 78.3 cm³/mol. The maximum absolute atomic E-state index is 12.6. The Bertz CT molecular complexity index is 975. The van der Waals surface area contributed by atoms with Crippen molar-refractivity contribution in [2.75, 3.05) is 0 Å². The Morgan fingerprint density at radius 2 is 1.86 bits per heavy atom. The fourth-order valence-electron chi connectivity index (χ4n) is 2.01. The number of carboxylic acids is 1. The third-order valence-corrected chi connectivity index (χ3v) is 4.83. The fourth-order valence-corrected chi connectivity index (χ4v) is 3.30. The third kappa shape index (κ3) is 2.23. The summed E-state index contributed by atoms with van der Waals surface area (Å²) < 4.78 is 26.2. The second-order valence-electron chi connectivity index (χ2n) is 4.70. The number of aromatic carboxylic acids is 1. The van der Waals surface area contributed by atoms with E-state index in [9.17, 15) is 13.2 Å². The van der Waals surface area contributed by atoms with Gasteiger partial charge in [-0.25, -0.2) is 27.2 Å². The molecule has 3 aromatic rings. The highest BCUT2D eigenvalue weighted by Gasteiger charge is 2.20. The molecule has 0 unspecified atom stereocenters. The average molecular weight is 317 g/mol. The van der Waals surface area contributed by atoms with Crippen LogP contribution in [0.2, 0.25) is 0 Å². The first-order chi connectivity index (χ1) is 10.4. The molecule has 0 bridgehead atoms. The second kappa shape index (κ2) is 4.92. The molecule has 0 aliphatic carbocycles. The summed E-state index contributed by atoms with van der Waals surface area (Å²) in [5.41, 5.74) is 1.00. The summed E-state index contributed by atoms with van der Waals surface area (Å²) >= 11 is 0. The summed E-state index contributed by atoms with van der Waals surface area (Å²) in [6, 6.07) is 7.84. The number of aromatic nitrogens is 3. The first-order valence-electron chi connectivity index (χ1n) is 6.29. The monoisotopic (exact) mass is 317 g/mol. The van der Waals surface area contributed by atoms with E-state index in [1.807, 2.05) is 6.92 Å². The molecule has 1 N–H and O–H groups in total. The lowest BCUT2D eigenvalue weighted by molar-refractivity contribution is 0.0690. The molecule has 0 aliphatic rings. The van der Waals surface area contributed by atoms with Crippen molar-refractivity contribution in [1.29, 1.82) is 0 Å². The van der Waals surface area contributed by atoms with Crippen molar-refractivity contribution in [3.63, 3.8) is 0 Å². The number of carbonyl (C=O) groups is 1. The zero-order valence-corrected chi connectivity index (χ0v) is 12.3. The van der Waals surface area contributed by atoms with Gasteiger partial charge in [-0.2, -0.15) is 0 Å². The van der Waals surface area contributed by atoms with Crippen LogP contribution in [-0.2, 0) is 10.0 Å². The van der Waals surface area contributed by atoms with Gasteiger partial charge in [-0.1, -0.05) is 17.7 Å². The van der Waals surface area contributed by atoms with E-state index in [1.165, 1.54) is 24.4 Å². The Balaban J connectivity index is 2.17. The van der Waals surface area contributed by atoms with Crippen LogP contribution in [0.25, 0.3) is 11.2 Å². The van der Waals surface area contributed by atoms with E-state index in [0.717, 1.165) is 15.7 Å². The topological polar surface area (TPSA) is 102 Å². The van der Waals surface area contributed by atoms with Gasteiger partial charge in [0.05, 0.1) is 11.1 Å². The van der Waals surface area contributed by atoms with Crippen LogP contribution < -0.4 is 0 Å². The van der Waals surface area contributed by atoms with Crippen LogP contribution in [0.1, 0.15) is 16.1 Å². The van der Waals surface area contributed by atoms with Gasteiger partial charge in [0.15, 0.2) is 11.3 Å². The number of benzene rings is 1. The van der Waals surface area contributed by atoms with E-state index in [-0.39, 0.29) is 21.8 Å². The zero-order chi connectivity index (χ0) is 15.9. The predicted octanol–water partition coefficient (Wildman–Crippen LogP) is 1.67. The highest BCUT2D eigenvalue weighted by atomic mass is 32.2. The molecule has 0 spiro atoms. The van der Waals surface area contributed by atoms with Crippen LogP contribution in [0, 0.1) is 6.92 Å². The zero-order valence-electron chi connectivity index (χ0n) is 11.5. The Hall–Kier alpha value is -2.74. The van der Waals surface area contributed by atoms with Crippen molar-refractivity contribution >= 4 is 27.2 Å². The average Bonchev–Trinajstić information content (AvgIpc) is 2.91. The maximum atomic E-state index is 12.6. The molecule has 0 aliphatic heterocycles. The molecule has 0 fully saturated rings. The quantitative estimate of drug-likeness (QED) is 0.788. The van der Waals surface area contributed by atoms with Crippen molar-refractivity contribution in [2.24, 2.45) is 0 Å². The largest absolute Gasteiger partial charge is 0.476 e. The number of nitrogens with zero attached hydrogens (tertiary/aromatic N) is 3. The molecule has 112 valence electrons. The molecule has 8 heteroatoms. The normalized spacial score (nSPS) is 11.7.